The minimum Gasteiger partial charge on any atom is -0.334 e. The first kappa shape index (κ1) is 20.3. The monoisotopic (exact) mass is 414 g/mol. The van der Waals surface area contributed by atoms with E-state index in [9.17, 15) is 9.59 Å². The number of rotatable bonds is 6. The van der Waals surface area contributed by atoms with Crippen LogP contribution in [0.4, 0.5) is 5.69 Å². The van der Waals surface area contributed by atoms with Crippen LogP contribution in [-0.4, -0.2) is 20.6 Å². The van der Waals surface area contributed by atoms with Gasteiger partial charge < -0.3 is 14.4 Å². The number of hydrogen-bond donors (Lipinski definition) is 1. The minimum atomic E-state index is -0.293. The van der Waals surface area contributed by atoms with E-state index in [-0.39, 0.29) is 23.9 Å². The lowest BCUT2D eigenvalue weighted by atomic mass is 10.1. The number of benzene rings is 2. The quantitative estimate of drug-likeness (QED) is 0.514. The van der Waals surface area contributed by atoms with Gasteiger partial charge in [-0.05, 0) is 37.1 Å². The Morgan fingerprint density at radius 1 is 1.06 bits per heavy atom. The summed E-state index contributed by atoms with van der Waals surface area (Å²) in [5.41, 5.74) is 4.07. The minimum absolute atomic E-state index is 0.123. The van der Waals surface area contributed by atoms with Crippen LogP contribution in [0.3, 0.4) is 0 Å². The van der Waals surface area contributed by atoms with E-state index in [0.29, 0.717) is 17.1 Å². The maximum absolute atomic E-state index is 12.5. The molecule has 4 aromatic rings. The van der Waals surface area contributed by atoms with Crippen molar-refractivity contribution in [2.24, 2.45) is 0 Å². The third kappa shape index (κ3) is 4.78. The molecule has 1 N–H and O–H groups in total. The highest BCUT2D eigenvalue weighted by Crippen LogP contribution is 2.21. The largest absolute Gasteiger partial charge is 0.334 e. The van der Waals surface area contributed by atoms with Crippen molar-refractivity contribution >= 4 is 11.6 Å². The summed E-state index contributed by atoms with van der Waals surface area (Å²) >= 11 is 0. The number of hydrogen-bond acceptors (Lipinski definition) is 5. The fourth-order valence-electron chi connectivity index (χ4n) is 3.17. The molecule has 0 fully saturated rings. The van der Waals surface area contributed by atoms with E-state index in [1.54, 1.807) is 12.3 Å². The Balaban J connectivity index is 1.52. The Morgan fingerprint density at radius 2 is 1.84 bits per heavy atom. The van der Waals surface area contributed by atoms with E-state index in [2.05, 4.69) is 15.5 Å². The lowest BCUT2D eigenvalue weighted by Gasteiger charge is -2.09. The lowest BCUT2D eigenvalue weighted by molar-refractivity contribution is -0.116. The number of aromatic nitrogens is 3. The standard InChI is InChI=1S/C24H22N4O3/c1-3-17-5-4-6-20(13-17)25-21(29)15-28-14-19(11-12-22(28)30)24-26-23(27-31-24)18-9-7-16(2)8-10-18/h4-14H,3,15H2,1-2H3,(H,25,29). The first-order valence-electron chi connectivity index (χ1n) is 10.0. The number of amides is 1. The van der Waals surface area contributed by atoms with Gasteiger partial charge in [0.15, 0.2) is 0 Å². The van der Waals surface area contributed by atoms with Crippen molar-refractivity contribution in [3.8, 4) is 22.8 Å². The molecule has 0 atom stereocenters. The second-order valence-corrected chi connectivity index (χ2v) is 7.28. The molecule has 0 aliphatic rings. The summed E-state index contributed by atoms with van der Waals surface area (Å²) in [4.78, 5) is 29.2. The first-order chi connectivity index (χ1) is 15.0. The molecule has 0 radical (unpaired) electrons. The molecule has 0 saturated heterocycles. The average Bonchev–Trinajstić information content (AvgIpc) is 3.26. The number of nitrogens with one attached hydrogen (secondary N) is 1. The van der Waals surface area contributed by atoms with Crippen LogP contribution in [0.25, 0.3) is 22.8 Å². The molecule has 31 heavy (non-hydrogen) atoms. The van der Waals surface area contributed by atoms with Gasteiger partial charge in [-0.3, -0.25) is 9.59 Å². The van der Waals surface area contributed by atoms with Crippen molar-refractivity contribution in [1.29, 1.82) is 0 Å². The number of carbonyl (C=O) groups is 1. The van der Waals surface area contributed by atoms with Crippen molar-refractivity contribution in [1.82, 2.24) is 14.7 Å². The molecule has 2 aromatic carbocycles. The van der Waals surface area contributed by atoms with Gasteiger partial charge in [0, 0.05) is 23.5 Å². The summed E-state index contributed by atoms with van der Waals surface area (Å²) < 4.78 is 6.70. The van der Waals surface area contributed by atoms with Crippen molar-refractivity contribution < 1.29 is 9.32 Å². The Labute approximate surface area is 179 Å². The fraction of sp³-hybridized carbons (Fsp3) is 0.167. The number of pyridine rings is 1. The normalized spacial score (nSPS) is 10.8. The predicted octanol–water partition coefficient (Wildman–Crippen LogP) is 4.07. The van der Waals surface area contributed by atoms with E-state index in [0.717, 1.165) is 23.1 Å². The predicted molar refractivity (Wildman–Crippen MR) is 119 cm³/mol. The summed E-state index contributed by atoms with van der Waals surface area (Å²) in [7, 11) is 0. The number of anilines is 1. The van der Waals surface area contributed by atoms with E-state index in [4.69, 9.17) is 4.52 Å². The summed E-state index contributed by atoms with van der Waals surface area (Å²) in [6, 6.07) is 18.4. The van der Waals surface area contributed by atoms with Crippen LogP contribution in [0.1, 0.15) is 18.1 Å². The van der Waals surface area contributed by atoms with Gasteiger partial charge >= 0.3 is 0 Å². The maximum atomic E-state index is 12.5. The molecule has 0 aliphatic heterocycles. The molecule has 0 bridgehead atoms. The van der Waals surface area contributed by atoms with Crippen molar-refractivity contribution in [3.63, 3.8) is 0 Å². The SMILES string of the molecule is CCc1cccc(NC(=O)Cn2cc(-c3nc(-c4ccc(C)cc4)no3)ccc2=O)c1. The Morgan fingerprint density at radius 3 is 2.61 bits per heavy atom. The van der Waals surface area contributed by atoms with Crippen molar-refractivity contribution in [2.45, 2.75) is 26.8 Å². The molecule has 1 amide bonds. The van der Waals surface area contributed by atoms with Crippen LogP contribution in [-0.2, 0) is 17.8 Å². The Kier molecular flexibility index (Phi) is 5.75. The van der Waals surface area contributed by atoms with Gasteiger partial charge in [-0.25, -0.2) is 0 Å². The summed E-state index contributed by atoms with van der Waals surface area (Å²) in [5.74, 6) is 0.444. The molecule has 0 spiro atoms. The first-order valence-corrected chi connectivity index (χ1v) is 10.0. The van der Waals surface area contributed by atoms with E-state index >= 15 is 0 Å². The third-order valence-corrected chi connectivity index (χ3v) is 4.90. The zero-order chi connectivity index (χ0) is 21.8. The molecule has 2 aromatic heterocycles. The fourth-order valence-corrected chi connectivity index (χ4v) is 3.17. The molecule has 0 unspecified atom stereocenters. The van der Waals surface area contributed by atoms with Crippen LogP contribution in [0.5, 0.6) is 0 Å². The molecule has 156 valence electrons. The molecular weight excluding hydrogens is 392 g/mol. The second kappa shape index (κ2) is 8.79. The van der Waals surface area contributed by atoms with Gasteiger partial charge in [-0.2, -0.15) is 4.98 Å². The van der Waals surface area contributed by atoms with Crippen LogP contribution in [0.15, 0.2) is 76.2 Å². The Bertz CT molecular complexity index is 1270. The zero-order valence-electron chi connectivity index (χ0n) is 17.3. The van der Waals surface area contributed by atoms with Crippen molar-refractivity contribution in [3.05, 3.63) is 88.3 Å². The van der Waals surface area contributed by atoms with Gasteiger partial charge in [-0.15, -0.1) is 0 Å². The van der Waals surface area contributed by atoms with E-state index < -0.39 is 0 Å². The van der Waals surface area contributed by atoms with Crippen molar-refractivity contribution in [2.75, 3.05) is 5.32 Å². The smallest absolute Gasteiger partial charge is 0.259 e. The number of nitrogens with zero attached hydrogens (tertiary/aromatic N) is 3. The van der Waals surface area contributed by atoms with Gasteiger partial charge in [0.25, 0.3) is 11.4 Å². The topological polar surface area (TPSA) is 90.0 Å². The van der Waals surface area contributed by atoms with Crippen LogP contribution in [0.2, 0.25) is 0 Å². The van der Waals surface area contributed by atoms with Gasteiger partial charge in [0.05, 0.1) is 5.56 Å². The molecule has 4 rings (SSSR count). The van der Waals surface area contributed by atoms with E-state index in [1.807, 2.05) is 62.4 Å². The second-order valence-electron chi connectivity index (χ2n) is 7.28. The van der Waals surface area contributed by atoms with Crippen LogP contribution < -0.4 is 10.9 Å². The summed E-state index contributed by atoms with van der Waals surface area (Å²) in [6.45, 7) is 3.93. The lowest BCUT2D eigenvalue weighted by Crippen LogP contribution is -2.26. The molecular formula is C24H22N4O3. The zero-order valence-corrected chi connectivity index (χ0v) is 17.3. The van der Waals surface area contributed by atoms with Crippen LogP contribution in [0, 0.1) is 6.92 Å². The highest BCUT2D eigenvalue weighted by atomic mass is 16.5. The van der Waals surface area contributed by atoms with Gasteiger partial charge in [0.2, 0.25) is 11.7 Å². The Hall–Kier alpha value is -4.00. The number of aryl methyl sites for hydroxylation is 2. The molecule has 7 heteroatoms. The molecule has 0 saturated carbocycles. The number of carbonyl (C=O) groups excluding carboxylic acids is 1. The van der Waals surface area contributed by atoms with Gasteiger partial charge in [-0.1, -0.05) is 54.0 Å². The highest BCUT2D eigenvalue weighted by Gasteiger charge is 2.13. The molecule has 0 aliphatic carbocycles. The van der Waals surface area contributed by atoms with Gasteiger partial charge in [0.1, 0.15) is 6.54 Å². The average molecular weight is 414 g/mol. The van der Waals surface area contributed by atoms with Crippen LogP contribution >= 0.6 is 0 Å². The molecule has 2 heterocycles. The third-order valence-electron chi connectivity index (χ3n) is 4.90. The summed E-state index contributed by atoms with van der Waals surface area (Å²) in [6.07, 6.45) is 2.43. The van der Waals surface area contributed by atoms with E-state index in [1.165, 1.54) is 10.6 Å². The highest BCUT2D eigenvalue weighted by molar-refractivity contribution is 5.90. The maximum Gasteiger partial charge on any atom is 0.259 e. The molecule has 7 nitrogen and oxygen atoms in total. The summed E-state index contributed by atoms with van der Waals surface area (Å²) in [5, 5.41) is 6.86.